The highest BCUT2D eigenvalue weighted by atomic mass is 15.3. The van der Waals surface area contributed by atoms with Crippen molar-refractivity contribution in [1.29, 1.82) is 0 Å². The maximum atomic E-state index is 4.35. The van der Waals surface area contributed by atoms with Crippen molar-refractivity contribution in [3.8, 4) is 0 Å². The molecule has 4 heteroatoms. The summed E-state index contributed by atoms with van der Waals surface area (Å²) in [6.07, 6.45) is 6.81. The maximum Gasteiger partial charge on any atom is 0.0534 e. The molecule has 102 valence electrons. The van der Waals surface area contributed by atoms with Crippen LogP contribution in [-0.4, -0.2) is 39.9 Å². The summed E-state index contributed by atoms with van der Waals surface area (Å²) >= 11 is 0. The molecule has 0 aromatic carbocycles. The van der Waals surface area contributed by atoms with Gasteiger partial charge in [-0.1, -0.05) is 0 Å². The Kier molecular flexibility index (Phi) is 4.78. The molecule has 1 aromatic rings. The molecule has 1 aromatic heterocycles. The molecular weight excluding hydrogens is 224 g/mol. The molecule has 0 spiro atoms. The summed E-state index contributed by atoms with van der Waals surface area (Å²) < 4.78 is 2.00. The second kappa shape index (κ2) is 6.34. The topological polar surface area (TPSA) is 33.1 Å². The Balaban J connectivity index is 1.92. The molecular formula is C14H26N4. The smallest absolute Gasteiger partial charge is 0.0534 e. The molecule has 0 amide bonds. The Bertz CT molecular complexity index is 352. The predicted molar refractivity (Wildman–Crippen MR) is 74.5 cm³/mol. The third-order valence-electron chi connectivity index (χ3n) is 3.74. The third kappa shape index (κ3) is 3.56. The highest BCUT2D eigenvalue weighted by molar-refractivity contribution is 5.04. The standard InChI is InChI=1S/C14H26N4/c1-4-18-10-13(8-16-18)9-17(12(2)3)11-14-6-5-7-15-14/h8,10,12,14-15H,4-7,9,11H2,1-3H3. The summed E-state index contributed by atoms with van der Waals surface area (Å²) in [5.74, 6) is 0. The summed E-state index contributed by atoms with van der Waals surface area (Å²) in [4.78, 5) is 2.54. The van der Waals surface area contributed by atoms with Crippen molar-refractivity contribution in [3.05, 3.63) is 18.0 Å². The Labute approximate surface area is 110 Å². The molecule has 1 fully saturated rings. The van der Waals surface area contributed by atoms with E-state index in [1.807, 2.05) is 10.9 Å². The Morgan fingerprint density at radius 3 is 2.94 bits per heavy atom. The van der Waals surface area contributed by atoms with Crippen molar-refractivity contribution >= 4 is 0 Å². The summed E-state index contributed by atoms with van der Waals surface area (Å²) in [7, 11) is 0. The fraction of sp³-hybridized carbons (Fsp3) is 0.786. The first-order valence-corrected chi connectivity index (χ1v) is 7.17. The van der Waals surface area contributed by atoms with Crippen molar-refractivity contribution in [2.24, 2.45) is 0 Å². The minimum atomic E-state index is 0.581. The first kappa shape index (κ1) is 13.6. The molecule has 1 unspecified atom stereocenters. The third-order valence-corrected chi connectivity index (χ3v) is 3.74. The fourth-order valence-electron chi connectivity index (χ4n) is 2.55. The number of rotatable bonds is 6. The highest BCUT2D eigenvalue weighted by Crippen LogP contribution is 2.12. The van der Waals surface area contributed by atoms with Crippen LogP contribution in [-0.2, 0) is 13.1 Å². The number of nitrogens with zero attached hydrogens (tertiary/aromatic N) is 3. The summed E-state index contributed by atoms with van der Waals surface area (Å²) in [6.45, 7) is 11.0. The van der Waals surface area contributed by atoms with E-state index in [0.29, 0.717) is 12.1 Å². The van der Waals surface area contributed by atoms with Gasteiger partial charge in [-0.3, -0.25) is 9.58 Å². The van der Waals surface area contributed by atoms with Crippen LogP contribution in [0.1, 0.15) is 39.2 Å². The number of aromatic nitrogens is 2. The molecule has 1 aliphatic heterocycles. The quantitative estimate of drug-likeness (QED) is 0.836. The van der Waals surface area contributed by atoms with Crippen LogP contribution in [0.5, 0.6) is 0 Å². The van der Waals surface area contributed by atoms with Crippen molar-refractivity contribution in [1.82, 2.24) is 20.0 Å². The molecule has 2 heterocycles. The van der Waals surface area contributed by atoms with Crippen LogP contribution in [0.3, 0.4) is 0 Å². The van der Waals surface area contributed by atoms with E-state index in [0.717, 1.165) is 19.6 Å². The molecule has 4 nitrogen and oxygen atoms in total. The van der Waals surface area contributed by atoms with Gasteiger partial charge in [-0.25, -0.2) is 0 Å². The molecule has 1 N–H and O–H groups in total. The van der Waals surface area contributed by atoms with Gasteiger partial charge in [-0.2, -0.15) is 5.10 Å². The molecule has 1 atom stereocenters. The van der Waals surface area contributed by atoms with Gasteiger partial charge in [0.1, 0.15) is 0 Å². The minimum absolute atomic E-state index is 0.581. The van der Waals surface area contributed by atoms with Crippen LogP contribution in [0, 0.1) is 0 Å². The van der Waals surface area contributed by atoms with Crippen molar-refractivity contribution in [2.75, 3.05) is 13.1 Å². The van der Waals surface area contributed by atoms with Gasteiger partial charge in [-0.15, -0.1) is 0 Å². The second-order valence-electron chi connectivity index (χ2n) is 5.52. The van der Waals surface area contributed by atoms with Crippen LogP contribution >= 0.6 is 0 Å². The molecule has 0 bridgehead atoms. The van der Waals surface area contributed by atoms with E-state index in [-0.39, 0.29) is 0 Å². The second-order valence-corrected chi connectivity index (χ2v) is 5.52. The van der Waals surface area contributed by atoms with Crippen molar-refractivity contribution in [3.63, 3.8) is 0 Å². The zero-order valence-electron chi connectivity index (χ0n) is 11.9. The monoisotopic (exact) mass is 250 g/mol. The van der Waals surface area contributed by atoms with E-state index in [2.05, 4.69) is 42.3 Å². The van der Waals surface area contributed by atoms with Crippen molar-refractivity contribution < 1.29 is 0 Å². The zero-order chi connectivity index (χ0) is 13.0. The lowest BCUT2D eigenvalue weighted by Gasteiger charge is -2.28. The molecule has 0 aliphatic carbocycles. The molecule has 0 saturated carbocycles. The van der Waals surface area contributed by atoms with Crippen LogP contribution < -0.4 is 5.32 Å². The van der Waals surface area contributed by atoms with E-state index in [1.165, 1.54) is 24.9 Å². The Hall–Kier alpha value is -0.870. The zero-order valence-corrected chi connectivity index (χ0v) is 11.9. The lowest BCUT2D eigenvalue weighted by atomic mass is 10.1. The van der Waals surface area contributed by atoms with Crippen LogP contribution in [0.2, 0.25) is 0 Å². The predicted octanol–water partition coefficient (Wildman–Crippen LogP) is 1.87. The van der Waals surface area contributed by atoms with E-state index < -0.39 is 0 Å². The number of aryl methyl sites for hydroxylation is 1. The van der Waals surface area contributed by atoms with E-state index in [1.54, 1.807) is 0 Å². The Morgan fingerprint density at radius 1 is 1.56 bits per heavy atom. The number of hydrogen-bond acceptors (Lipinski definition) is 3. The lowest BCUT2D eigenvalue weighted by molar-refractivity contribution is 0.194. The van der Waals surface area contributed by atoms with Gasteiger partial charge in [0, 0.05) is 43.5 Å². The summed E-state index contributed by atoms with van der Waals surface area (Å²) in [6, 6.07) is 1.26. The first-order valence-electron chi connectivity index (χ1n) is 7.17. The average molecular weight is 250 g/mol. The first-order chi connectivity index (χ1) is 8.69. The molecule has 2 rings (SSSR count). The fourth-order valence-corrected chi connectivity index (χ4v) is 2.55. The number of nitrogens with one attached hydrogen (secondary N) is 1. The van der Waals surface area contributed by atoms with Gasteiger partial charge >= 0.3 is 0 Å². The largest absolute Gasteiger partial charge is 0.313 e. The van der Waals surface area contributed by atoms with Crippen LogP contribution in [0.25, 0.3) is 0 Å². The minimum Gasteiger partial charge on any atom is -0.313 e. The van der Waals surface area contributed by atoms with E-state index in [9.17, 15) is 0 Å². The van der Waals surface area contributed by atoms with E-state index in [4.69, 9.17) is 0 Å². The summed E-state index contributed by atoms with van der Waals surface area (Å²) in [5, 5.41) is 7.93. The van der Waals surface area contributed by atoms with E-state index >= 15 is 0 Å². The van der Waals surface area contributed by atoms with Gasteiger partial charge < -0.3 is 5.32 Å². The van der Waals surface area contributed by atoms with Crippen molar-refractivity contribution in [2.45, 2.75) is 58.8 Å². The molecule has 18 heavy (non-hydrogen) atoms. The van der Waals surface area contributed by atoms with Gasteiger partial charge in [0.15, 0.2) is 0 Å². The van der Waals surface area contributed by atoms with Gasteiger partial charge in [0.05, 0.1) is 6.20 Å². The van der Waals surface area contributed by atoms with Gasteiger partial charge in [0.2, 0.25) is 0 Å². The van der Waals surface area contributed by atoms with Gasteiger partial charge in [-0.05, 0) is 40.2 Å². The van der Waals surface area contributed by atoms with Crippen LogP contribution in [0.15, 0.2) is 12.4 Å². The molecule has 1 aliphatic rings. The normalized spacial score (nSPS) is 20.2. The SMILES string of the molecule is CCn1cc(CN(CC2CCCN2)C(C)C)cn1. The maximum absolute atomic E-state index is 4.35. The number of hydrogen-bond donors (Lipinski definition) is 1. The lowest BCUT2D eigenvalue weighted by Crippen LogP contribution is -2.40. The average Bonchev–Trinajstić information content (AvgIpc) is 2.99. The summed E-state index contributed by atoms with van der Waals surface area (Å²) in [5.41, 5.74) is 1.32. The highest BCUT2D eigenvalue weighted by Gasteiger charge is 2.20. The van der Waals surface area contributed by atoms with Crippen LogP contribution in [0.4, 0.5) is 0 Å². The molecule has 0 radical (unpaired) electrons. The molecule has 1 saturated heterocycles. The van der Waals surface area contributed by atoms with Gasteiger partial charge in [0.25, 0.3) is 0 Å². The Morgan fingerprint density at radius 2 is 2.39 bits per heavy atom.